The average Bonchev–Trinajstić information content (AvgIpc) is 3.19. The number of rotatable bonds is 7. The molecule has 1 aromatic carbocycles. The Morgan fingerprint density at radius 1 is 1.21 bits per heavy atom. The molecule has 1 aliphatic carbocycles. The van der Waals surface area contributed by atoms with E-state index in [9.17, 15) is 10.1 Å². The number of carbonyl (C=O) groups excluding carboxylic acids is 1. The number of aromatic nitrogens is 2. The fourth-order valence-electron chi connectivity index (χ4n) is 4.00. The molecular weight excluding hydrogens is 452 g/mol. The van der Waals surface area contributed by atoms with Gasteiger partial charge in [-0.05, 0) is 68.9 Å². The lowest BCUT2D eigenvalue weighted by atomic mass is 9.96. The first kappa shape index (κ1) is 23.5. The number of carbonyl (C=O) groups is 1. The number of nitrogens with zero attached hydrogens (tertiary/aromatic N) is 3. The van der Waals surface area contributed by atoms with Gasteiger partial charge < -0.3 is 10.1 Å². The van der Waals surface area contributed by atoms with Gasteiger partial charge in [0.05, 0.1) is 27.6 Å². The summed E-state index contributed by atoms with van der Waals surface area (Å²) in [5.74, 6) is 0.673. The molecule has 172 valence electrons. The van der Waals surface area contributed by atoms with Gasteiger partial charge in [0.2, 0.25) is 5.91 Å². The summed E-state index contributed by atoms with van der Waals surface area (Å²) in [5, 5.41) is 13.6. The van der Waals surface area contributed by atoms with Crippen molar-refractivity contribution in [1.82, 2.24) is 9.97 Å². The largest absolute Gasteiger partial charge is 0.494 e. The predicted octanol–water partition coefficient (Wildman–Crippen LogP) is 6.13. The maximum atomic E-state index is 13.1. The van der Waals surface area contributed by atoms with E-state index in [1.165, 1.54) is 41.5 Å². The van der Waals surface area contributed by atoms with Gasteiger partial charge in [-0.25, -0.2) is 9.97 Å². The maximum Gasteiger partial charge on any atom is 0.239 e. The van der Waals surface area contributed by atoms with Crippen LogP contribution in [0.1, 0.15) is 62.8 Å². The zero-order valence-corrected chi connectivity index (χ0v) is 20.7. The summed E-state index contributed by atoms with van der Waals surface area (Å²) in [6, 6.07) is 10.0. The van der Waals surface area contributed by atoms with Crippen LogP contribution in [0.3, 0.4) is 0 Å². The Hall–Kier alpha value is -2.63. The molecule has 4 rings (SSSR count). The van der Waals surface area contributed by atoms with Crippen molar-refractivity contribution in [3.05, 3.63) is 41.1 Å². The second-order valence-corrected chi connectivity index (χ2v) is 10.3. The summed E-state index contributed by atoms with van der Waals surface area (Å²) in [7, 11) is 0. The van der Waals surface area contributed by atoms with Crippen molar-refractivity contribution in [1.29, 1.82) is 5.26 Å². The van der Waals surface area contributed by atoms with E-state index in [0.29, 0.717) is 28.7 Å². The van der Waals surface area contributed by atoms with E-state index >= 15 is 0 Å². The first-order valence-corrected chi connectivity index (χ1v) is 13.2. The SMILES string of the molecule is CCOc1ccc2nc(NC(=O)C(CC)Sc3nc4c(cc3C#N)CCCCCC4)sc2c1. The van der Waals surface area contributed by atoms with Crippen LogP contribution >= 0.6 is 23.1 Å². The fraction of sp³-hybridized carbons (Fsp3) is 0.440. The number of nitrogens with one attached hydrogen (secondary N) is 1. The van der Waals surface area contributed by atoms with E-state index in [0.717, 1.165) is 47.3 Å². The number of aryl methyl sites for hydroxylation is 2. The third-order valence-electron chi connectivity index (χ3n) is 5.70. The first-order chi connectivity index (χ1) is 16.1. The van der Waals surface area contributed by atoms with Crippen LogP contribution in [0.2, 0.25) is 0 Å². The molecule has 1 aliphatic rings. The van der Waals surface area contributed by atoms with Crippen molar-refractivity contribution >= 4 is 44.4 Å². The lowest BCUT2D eigenvalue weighted by molar-refractivity contribution is -0.115. The van der Waals surface area contributed by atoms with Gasteiger partial charge in [-0.2, -0.15) is 5.26 Å². The molecule has 2 heterocycles. The van der Waals surface area contributed by atoms with Gasteiger partial charge in [-0.1, -0.05) is 42.9 Å². The monoisotopic (exact) mass is 480 g/mol. The Balaban J connectivity index is 1.51. The van der Waals surface area contributed by atoms with Gasteiger partial charge in [0, 0.05) is 5.69 Å². The summed E-state index contributed by atoms with van der Waals surface area (Å²) in [6.45, 7) is 4.53. The number of pyridine rings is 1. The molecule has 0 aliphatic heterocycles. The molecule has 0 bridgehead atoms. The van der Waals surface area contributed by atoms with Gasteiger partial charge in [-0.3, -0.25) is 4.79 Å². The van der Waals surface area contributed by atoms with Crippen molar-refractivity contribution in [2.75, 3.05) is 11.9 Å². The Labute approximate surface area is 202 Å². The molecule has 0 fully saturated rings. The topological polar surface area (TPSA) is 87.9 Å². The summed E-state index contributed by atoms with van der Waals surface area (Å²) >= 11 is 2.81. The minimum absolute atomic E-state index is 0.121. The molecule has 0 saturated heterocycles. The van der Waals surface area contributed by atoms with Gasteiger partial charge in [-0.15, -0.1) is 0 Å². The molecule has 2 aromatic heterocycles. The van der Waals surface area contributed by atoms with Crippen molar-refractivity contribution in [2.45, 2.75) is 69.1 Å². The number of fused-ring (bicyclic) bond motifs is 2. The Morgan fingerprint density at radius 2 is 2.03 bits per heavy atom. The van der Waals surface area contributed by atoms with E-state index in [4.69, 9.17) is 9.72 Å². The van der Waals surface area contributed by atoms with E-state index in [1.54, 1.807) is 0 Å². The highest BCUT2D eigenvalue weighted by atomic mass is 32.2. The zero-order valence-electron chi connectivity index (χ0n) is 19.0. The number of anilines is 1. The van der Waals surface area contributed by atoms with Crippen LogP contribution in [-0.4, -0.2) is 27.7 Å². The van der Waals surface area contributed by atoms with Crippen molar-refractivity contribution < 1.29 is 9.53 Å². The molecule has 1 amide bonds. The first-order valence-electron chi connectivity index (χ1n) is 11.5. The maximum absolute atomic E-state index is 13.1. The minimum atomic E-state index is -0.359. The molecule has 0 spiro atoms. The van der Waals surface area contributed by atoms with Crippen LogP contribution in [0.15, 0.2) is 29.3 Å². The van der Waals surface area contributed by atoms with Gasteiger partial charge in [0.15, 0.2) is 5.13 Å². The second-order valence-electron chi connectivity index (χ2n) is 8.06. The molecule has 1 N–H and O–H groups in total. The number of hydrogen-bond donors (Lipinski definition) is 1. The summed E-state index contributed by atoms with van der Waals surface area (Å²) in [4.78, 5) is 22.5. The fourth-order valence-corrected chi connectivity index (χ4v) is 5.89. The molecule has 6 nitrogen and oxygen atoms in total. The number of ether oxygens (including phenoxy) is 1. The van der Waals surface area contributed by atoms with Crippen LogP contribution in [0.25, 0.3) is 10.2 Å². The average molecular weight is 481 g/mol. The second kappa shape index (κ2) is 11.0. The lowest BCUT2D eigenvalue weighted by Gasteiger charge is -2.17. The zero-order chi connectivity index (χ0) is 23.2. The van der Waals surface area contributed by atoms with Crippen molar-refractivity contribution in [2.24, 2.45) is 0 Å². The predicted molar refractivity (Wildman–Crippen MR) is 134 cm³/mol. The molecule has 0 radical (unpaired) electrons. The highest BCUT2D eigenvalue weighted by molar-refractivity contribution is 8.00. The third kappa shape index (κ3) is 5.66. The van der Waals surface area contributed by atoms with Gasteiger partial charge in [0.1, 0.15) is 16.8 Å². The quantitative estimate of drug-likeness (QED) is 0.409. The number of nitriles is 1. The number of amides is 1. The van der Waals surface area contributed by atoms with Crippen LogP contribution in [0.5, 0.6) is 5.75 Å². The summed E-state index contributed by atoms with van der Waals surface area (Å²) in [5.41, 5.74) is 3.67. The van der Waals surface area contributed by atoms with E-state index in [-0.39, 0.29) is 11.2 Å². The van der Waals surface area contributed by atoms with E-state index in [2.05, 4.69) is 16.4 Å². The Morgan fingerprint density at radius 3 is 2.79 bits per heavy atom. The summed E-state index contributed by atoms with van der Waals surface area (Å²) < 4.78 is 6.52. The van der Waals surface area contributed by atoms with Crippen LogP contribution < -0.4 is 10.1 Å². The van der Waals surface area contributed by atoms with Crippen LogP contribution in [0.4, 0.5) is 5.13 Å². The lowest BCUT2D eigenvalue weighted by Crippen LogP contribution is -2.24. The molecule has 33 heavy (non-hydrogen) atoms. The molecule has 1 atom stereocenters. The smallest absolute Gasteiger partial charge is 0.239 e. The number of hydrogen-bond acceptors (Lipinski definition) is 7. The number of benzene rings is 1. The molecule has 8 heteroatoms. The Kier molecular flexibility index (Phi) is 7.84. The van der Waals surface area contributed by atoms with Crippen molar-refractivity contribution in [3.8, 4) is 11.8 Å². The molecule has 0 saturated carbocycles. The highest BCUT2D eigenvalue weighted by Gasteiger charge is 2.23. The Bertz CT molecular complexity index is 1190. The molecular formula is C25H28N4O2S2. The summed E-state index contributed by atoms with van der Waals surface area (Å²) in [6.07, 6.45) is 7.25. The third-order valence-corrected chi connectivity index (χ3v) is 8.00. The number of thiazole rings is 1. The minimum Gasteiger partial charge on any atom is -0.494 e. The van der Waals surface area contributed by atoms with E-state index < -0.39 is 0 Å². The highest BCUT2D eigenvalue weighted by Crippen LogP contribution is 2.33. The molecule has 1 unspecified atom stereocenters. The standard InChI is InChI=1S/C25H28N4O2S2/c1-3-21(23(30)29-25-28-20-12-11-18(31-4-2)14-22(20)33-25)32-24-17(15-26)13-16-9-7-5-6-8-10-19(16)27-24/h11-14,21H,3-10H2,1-2H3,(H,28,29,30). The van der Waals surface area contributed by atoms with Crippen LogP contribution in [-0.2, 0) is 17.6 Å². The normalized spacial score (nSPS) is 14.6. The van der Waals surface area contributed by atoms with Crippen LogP contribution in [0, 0.1) is 11.3 Å². The van der Waals surface area contributed by atoms with Crippen molar-refractivity contribution in [3.63, 3.8) is 0 Å². The molecule has 3 aromatic rings. The number of thioether (sulfide) groups is 1. The van der Waals surface area contributed by atoms with Gasteiger partial charge >= 0.3 is 0 Å². The van der Waals surface area contributed by atoms with E-state index in [1.807, 2.05) is 38.1 Å². The van der Waals surface area contributed by atoms with Gasteiger partial charge in [0.25, 0.3) is 0 Å².